The molecular formula is C29H61NO. The lowest BCUT2D eigenvalue weighted by Gasteiger charge is -2.34. The fourth-order valence-corrected chi connectivity index (χ4v) is 4.49. The number of hydrogen-bond donors (Lipinski definition) is 1. The van der Waals surface area contributed by atoms with Gasteiger partial charge in [0.1, 0.15) is 5.72 Å². The van der Waals surface area contributed by atoms with E-state index < -0.39 is 5.72 Å². The predicted octanol–water partition coefficient (Wildman–Crippen LogP) is 9.35. The standard InChI is InChI=1S/C29H61NO/c1-27(2)23-19-15-11-7-9-13-17-21-25-30(29(5,6)31)26-22-18-14-10-8-12-16-20-24-28(3)4/h27-28,31H,7-26H2,1-6H3. The van der Waals surface area contributed by atoms with Crippen molar-refractivity contribution in [2.24, 2.45) is 11.8 Å². The molecular weight excluding hydrogens is 378 g/mol. The van der Waals surface area contributed by atoms with Gasteiger partial charge in [0, 0.05) is 13.1 Å². The molecule has 0 heterocycles. The zero-order chi connectivity index (χ0) is 23.4. The molecule has 0 aromatic carbocycles. The number of aliphatic hydroxyl groups is 1. The van der Waals surface area contributed by atoms with Gasteiger partial charge in [-0.2, -0.15) is 0 Å². The summed E-state index contributed by atoms with van der Waals surface area (Å²) in [4.78, 5) is 2.31. The number of hydrogen-bond acceptors (Lipinski definition) is 2. The van der Waals surface area contributed by atoms with Crippen molar-refractivity contribution < 1.29 is 5.11 Å². The van der Waals surface area contributed by atoms with Crippen LogP contribution in [-0.2, 0) is 0 Å². The first-order valence-electron chi connectivity index (χ1n) is 14.2. The van der Waals surface area contributed by atoms with Crippen molar-refractivity contribution in [2.75, 3.05) is 13.1 Å². The molecule has 0 aliphatic heterocycles. The maximum absolute atomic E-state index is 10.5. The average Bonchev–Trinajstić information content (AvgIpc) is 2.67. The Hall–Kier alpha value is -0.0800. The zero-order valence-corrected chi connectivity index (χ0v) is 22.7. The van der Waals surface area contributed by atoms with Crippen LogP contribution in [0.4, 0.5) is 0 Å². The highest BCUT2D eigenvalue weighted by Crippen LogP contribution is 2.17. The van der Waals surface area contributed by atoms with Crippen LogP contribution < -0.4 is 0 Å². The summed E-state index contributed by atoms with van der Waals surface area (Å²) in [6, 6.07) is 0. The molecule has 0 spiro atoms. The molecule has 0 saturated heterocycles. The lowest BCUT2D eigenvalue weighted by Crippen LogP contribution is -2.44. The zero-order valence-electron chi connectivity index (χ0n) is 22.7. The second-order valence-corrected chi connectivity index (χ2v) is 11.5. The van der Waals surface area contributed by atoms with Gasteiger partial charge in [0.15, 0.2) is 0 Å². The van der Waals surface area contributed by atoms with Crippen molar-refractivity contribution in [1.82, 2.24) is 4.90 Å². The molecule has 0 fully saturated rings. The molecule has 0 saturated carbocycles. The van der Waals surface area contributed by atoms with Gasteiger partial charge in [0.25, 0.3) is 0 Å². The average molecular weight is 440 g/mol. The Balaban J connectivity index is 3.62. The van der Waals surface area contributed by atoms with Crippen LogP contribution >= 0.6 is 0 Å². The molecule has 0 radical (unpaired) electrons. The monoisotopic (exact) mass is 439 g/mol. The summed E-state index contributed by atoms with van der Waals surface area (Å²) < 4.78 is 0. The number of unbranched alkanes of at least 4 members (excludes halogenated alkanes) is 14. The van der Waals surface area contributed by atoms with Crippen LogP contribution in [0.3, 0.4) is 0 Å². The van der Waals surface area contributed by atoms with Crippen molar-refractivity contribution in [1.29, 1.82) is 0 Å². The SMILES string of the molecule is CC(C)CCCCCCCCCCN(CCCCCCCCCCC(C)C)C(C)(C)O. The molecule has 0 aromatic heterocycles. The Bertz CT molecular complexity index is 330. The molecule has 188 valence electrons. The second-order valence-electron chi connectivity index (χ2n) is 11.5. The first-order chi connectivity index (χ1) is 14.7. The summed E-state index contributed by atoms with van der Waals surface area (Å²) in [6.45, 7) is 15.3. The minimum Gasteiger partial charge on any atom is -0.376 e. The lowest BCUT2D eigenvalue weighted by molar-refractivity contribution is -0.0795. The van der Waals surface area contributed by atoms with Gasteiger partial charge in [-0.05, 0) is 38.5 Å². The molecule has 0 aliphatic rings. The number of rotatable bonds is 23. The summed E-state index contributed by atoms with van der Waals surface area (Å²) in [5, 5.41) is 10.5. The van der Waals surface area contributed by atoms with Gasteiger partial charge in [-0.1, -0.05) is 130 Å². The lowest BCUT2D eigenvalue weighted by atomic mass is 10.0. The van der Waals surface area contributed by atoms with Gasteiger partial charge in [-0.15, -0.1) is 0 Å². The molecule has 0 atom stereocenters. The van der Waals surface area contributed by atoms with E-state index in [9.17, 15) is 5.11 Å². The fraction of sp³-hybridized carbons (Fsp3) is 1.00. The van der Waals surface area contributed by atoms with E-state index in [4.69, 9.17) is 0 Å². The van der Waals surface area contributed by atoms with Crippen molar-refractivity contribution in [3.05, 3.63) is 0 Å². The van der Waals surface area contributed by atoms with Crippen LogP contribution in [0.2, 0.25) is 0 Å². The summed E-state index contributed by atoms with van der Waals surface area (Å²) in [5.41, 5.74) is -0.674. The summed E-state index contributed by atoms with van der Waals surface area (Å²) in [6.07, 6.45) is 24.7. The van der Waals surface area contributed by atoms with E-state index in [0.717, 1.165) is 24.9 Å². The number of nitrogens with zero attached hydrogens (tertiary/aromatic N) is 1. The molecule has 0 unspecified atom stereocenters. The highest BCUT2D eigenvalue weighted by Gasteiger charge is 2.22. The maximum atomic E-state index is 10.5. The van der Waals surface area contributed by atoms with Crippen molar-refractivity contribution in [3.8, 4) is 0 Å². The van der Waals surface area contributed by atoms with Crippen molar-refractivity contribution in [2.45, 2.75) is 163 Å². The molecule has 31 heavy (non-hydrogen) atoms. The largest absolute Gasteiger partial charge is 0.376 e. The Kier molecular flexibility index (Phi) is 20.5. The molecule has 0 amide bonds. The van der Waals surface area contributed by atoms with Crippen molar-refractivity contribution >= 4 is 0 Å². The topological polar surface area (TPSA) is 23.5 Å². The minimum atomic E-state index is -0.674. The third kappa shape index (κ3) is 22.9. The van der Waals surface area contributed by atoms with Gasteiger partial charge in [-0.25, -0.2) is 0 Å². The fourth-order valence-electron chi connectivity index (χ4n) is 4.49. The highest BCUT2D eigenvalue weighted by atomic mass is 16.3. The predicted molar refractivity (Wildman–Crippen MR) is 141 cm³/mol. The summed E-state index contributed by atoms with van der Waals surface area (Å²) >= 11 is 0. The molecule has 0 bridgehead atoms. The third-order valence-corrected chi connectivity index (χ3v) is 6.69. The van der Waals surface area contributed by atoms with Gasteiger partial charge in [0.2, 0.25) is 0 Å². The van der Waals surface area contributed by atoms with Gasteiger partial charge < -0.3 is 5.11 Å². The maximum Gasteiger partial charge on any atom is 0.112 e. The molecule has 2 nitrogen and oxygen atoms in total. The molecule has 0 aromatic rings. The van der Waals surface area contributed by atoms with E-state index in [1.807, 2.05) is 13.8 Å². The van der Waals surface area contributed by atoms with E-state index in [2.05, 4.69) is 32.6 Å². The van der Waals surface area contributed by atoms with Crippen LogP contribution in [0.25, 0.3) is 0 Å². The van der Waals surface area contributed by atoms with E-state index in [1.165, 1.54) is 116 Å². The summed E-state index contributed by atoms with van der Waals surface area (Å²) in [7, 11) is 0. The van der Waals surface area contributed by atoms with Gasteiger partial charge >= 0.3 is 0 Å². The molecule has 0 aliphatic carbocycles. The normalized spacial score (nSPS) is 12.6. The van der Waals surface area contributed by atoms with Crippen LogP contribution in [0.15, 0.2) is 0 Å². The third-order valence-electron chi connectivity index (χ3n) is 6.69. The Labute approximate surface area is 198 Å². The molecule has 0 rings (SSSR count). The smallest absolute Gasteiger partial charge is 0.112 e. The van der Waals surface area contributed by atoms with E-state index in [-0.39, 0.29) is 0 Å². The second kappa shape index (κ2) is 20.5. The molecule has 2 heteroatoms. The molecule has 1 N–H and O–H groups in total. The van der Waals surface area contributed by atoms with Crippen LogP contribution in [-0.4, -0.2) is 28.8 Å². The van der Waals surface area contributed by atoms with E-state index in [0.29, 0.717) is 0 Å². The van der Waals surface area contributed by atoms with Crippen LogP contribution in [0.1, 0.15) is 157 Å². The van der Waals surface area contributed by atoms with E-state index in [1.54, 1.807) is 0 Å². The minimum absolute atomic E-state index is 0.674. The van der Waals surface area contributed by atoms with Crippen molar-refractivity contribution in [3.63, 3.8) is 0 Å². The first kappa shape index (κ1) is 30.9. The first-order valence-corrected chi connectivity index (χ1v) is 14.2. The Morgan fingerprint density at radius 2 is 0.742 bits per heavy atom. The highest BCUT2D eigenvalue weighted by molar-refractivity contribution is 4.70. The quantitative estimate of drug-likeness (QED) is 0.127. The summed E-state index contributed by atoms with van der Waals surface area (Å²) in [5.74, 6) is 1.73. The van der Waals surface area contributed by atoms with Crippen LogP contribution in [0.5, 0.6) is 0 Å². The Morgan fingerprint density at radius 1 is 0.484 bits per heavy atom. The Morgan fingerprint density at radius 3 is 1.00 bits per heavy atom. The van der Waals surface area contributed by atoms with Gasteiger partial charge in [-0.3, -0.25) is 4.90 Å². The van der Waals surface area contributed by atoms with E-state index >= 15 is 0 Å². The van der Waals surface area contributed by atoms with Gasteiger partial charge in [0.05, 0.1) is 0 Å². The van der Waals surface area contributed by atoms with Crippen LogP contribution in [0, 0.1) is 11.8 Å².